The van der Waals surface area contributed by atoms with Crippen molar-refractivity contribution in [2.24, 2.45) is 5.92 Å². The standard InChI is InChI=1S/C13H25NO2/c1-5-16-13(15)11(3)14(4)12-8-6-7-10(2)9-12/h10-12H,5-9H2,1-4H3. The molecule has 3 nitrogen and oxygen atoms in total. The van der Waals surface area contributed by atoms with Crippen molar-refractivity contribution in [2.75, 3.05) is 13.7 Å². The van der Waals surface area contributed by atoms with Gasteiger partial charge in [-0.2, -0.15) is 0 Å². The van der Waals surface area contributed by atoms with Crippen molar-refractivity contribution in [3.63, 3.8) is 0 Å². The van der Waals surface area contributed by atoms with E-state index in [0.29, 0.717) is 12.6 Å². The van der Waals surface area contributed by atoms with Crippen molar-refractivity contribution in [2.45, 2.75) is 58.5 Å². The van der Waals surface area contributed by atoms with Crippen molar-refractivity contribution in [1.29, 1.82) is 0 Å². The van der Waals surface area contributed by atoms with Crippen LogP contribution in [0.3, 0.4) is 0 Å². The lowest BCUT2D eigenvalue weighted by Crippen LogP contribution is -2.45. The second kappa shape index (κ2) is 6.24. The number of ether oxygens (including phenoxy) is 1. The van der Waals surface area contributed by atoms with Crippen LogP contribution in [0.2, 0.25) is 0 Å². The third kappa shape index (κ3) is 3.48. The van der Waals surface area contributed by atoms with Gasteiger partial charge >= 0.3 is 5.97 Å². The highest BCUT2D eigenvalue weighted by Gasteiger charge is 2.28. The summed E-state index contributed by atoms with van der Waals surface area (Å²) in [6.07, 6.45) is 5.04. The maximum atomic E-state index is 11.6. The van der Waals surface area contributed by atoms with Gasteiger partial charge in [-0.15, -0.1) is 0 Å². The molecule has 94 valence electrons. The van der Waals surface area contributed by atoms with Gasteiger partial charge in [0.2, 0.25) is 0 Å². The van der Waals surface area contributed by atoms with Crippen LogP contribution in [0.1, 0.15) is 46.5 Å². The Morgan fingerprint density at radius 2 is 2.19 bits per heavy atom. The lowest BCUT2D eigenvalue weighted by Gasteiger charge is -2.36. The average molecular weight is 227 g/mol. The predicted octanol–water partition coefficient (Wildman–Crippen LogP) is 2.45. The number of nitrogens with zero attached hydrogens (tertiary/aromatic N) is 1. The second-order valence-electron chi connectivity index (χ2n) is 5.02. The normalized spacial score (nSPS) is 27.8. The Morgan fingerprint density at radius 1 is 1.50 bits per heavy atom. The van der Waals surface area contributed by atoms with E-state index < -0.39 is 0 Å². The van der Waals surface area contributed by atoms with Crippen LogP contribution >= 0.6 is 0 Å². The summed E-state index contributed by atoms with van der Waals surface area (Å²) in [6.45, 7) is 6.57. The largest absolute Gasteiger partial charge is 0.465 e. The van der Waals surface area contributed by atoms with Crippen molar-refractivity contribution in [3.05, 3.63) is 0 Å². The first kappa shape index (κ1) is 13.5. The minimum absolute atomic E-state index is 0.0942. The molecule has 1 aliphatic rings. The third-order valence-electron chi connectivity index (χ3n) is 3.72. The maximum absolute atomic E-state index is 11.6. The molecule has 3 unspecified atom stereocenters. The molecular weight excluding hydrogens is 202 g/mol. The summed E-state index contributed by atoms with van der Waals surface area (Å²) < 4.78 is 5.06. The van der Waals surface area contributed by atoms with Crippen molar-refractivity contribution < 1.29 is 9.53 Å². The number of carbonyl (C=O) groups is 1. The third-order valence-corrected chi connectivity index (χ3v) is 3.72. The molecule has 0 radical (unpaired) electrons. The van der Waals surface area contributed by atoms with Crippen LogP contribution in [0.25, 0.3) is 0 Å². The van der Waals surface area contributed by atoms with Crippen LogP contribution in [-0.4, -0.2) is 36.6 Å². The van der Waals surface area contributed by atoms with Gasteiger partial charge in [-0.1, -0.05) is 19.8 Å². The first-order valence-corrected chi connectivity index (χ1v) is 6.44. The zero-order valence-corrected chi connectivity index (χ0v) is 11.0. The molecule has 3 atom stereocenters. The molecule has 0 spiro atoms. The summed E-state index contributed by atoms with van der Waals surface area (Å²) in [7, 11) is 2.05. The van der Waals surface area contributed by atoms with E-state index in [1.54, 1.807) is 0 Å². The molecule has 0 aromatic carbocycles. The first-order chi connectivity index (χ1) is 7.56. The van der Waals surface area contributed by atoms with E-state index in [4.69, 9.17) is 4.74 Å². The zero-order chi connectivity index (χ0) is 12.1. The first-order valence-electron chi connectivity index (χ1n) is 6.44. The lowest BCUT2D eigenvalue weighted by atomic mass is 9.86. The van der Waals surface area contributed by atoms with Gasteiger partial charge in [-0.25, -0.2) is 0 Å². The molecule has 1 fully saturated rings. The topological polar surface area (TPSA) is 29.5 Å². The predicted molar refractivity (Wildman–Crippen MR) is 65.3 cm³/mol. The summed E-state index contributed by atoms with van der Waals surface area (Å²) in [5.41, 5.74) is 0. The van der Waals surface area contributed by atoms with Gasteiger partial charge in [0.25, 0.3) is 0 Å². The Morgan fingerprint density at radius 3 is 2.75 bits per heavy atom. The van der Waals surface area contributed by atoms with E-state index in [-0.39, 0.29) is 12.0 Å². The number of hydrogen-bond acceptors (Lipinski definition) is 3. The summed E-state index contributed by atoms with van der Waals surface area (Å²) in [5, 5.41) is 0. The molecule has 16 heavy (non-hydrogen) atoms. The molecule has 0 saturated heterocycles. The van der Waals surface area contributed by atoms with Gasteiger partial charge in [0.1, 0.15) is 6.04 Å². The Balaban J connectivity index is 2.48. The molecule has 3 heteroatoms. The van der Waals surface area contributed by atoms with E-state index in [2.05, 4.69) is 11.8 Å². The van der Waals surface area contributed by atoms with Gasteiger partial charge in [-0.05, 0) is 39.7 Å². The molecule has 0 amide bonds. The summed E-state index contributed by atoms with van der Waals surface area (Å²) in [6, 6.07) is 0.429. The van der Waals surface area contributed by atoms with Crippen LogP contribution in [0.4, 0.5) is 0 Å². The van der Waals surface area contributed by atoms with E-state index in [1.807, 2.05) is 20.9 Å². The lowest BCUT2D eigenvalue weighted by molar-refractivity contribution is -0.149. The van der Waals surface area contributed by atoms with Gasteiger partial charge in [0.05, 0.1) is 6.61 Å². The monoisotopic (exact) mass is 227 g/mol. The van der Waals surface area contributed by atoms with Gasteiger partial charge in [0.15, 0.2) is 0 Å². The van der Waals surface area contributed by atoms with E-state index in [1.165, 1.54) is 25.7 Å². The van der Waals surface area contributed by atoms with Gasteiger partial charge in [-0.3, -0.25) is 9.69 Å². The van der Waals surface area contributed by atoms with Gasteiger partial charge < -0.3 is 4.74 Å². The minimum atomic E-state index is -0.116. The van der Waals surface area contributed by atoms with Crippen molar-refractivity contribution >= 4 is 5.97 Å². The molecule has 1 saturated carbocycles. The number of likely N-dealkylation sites (N-methyl/N-ethyl adjacent to an activating group) is 1. The van der Waals surface area contributed by atoms with E-state index in [0.717, 1.165) is 5.92 Å². The molecule has 1 rings (SSSR count). The molecule has 0 aromatic heterocycles. The minimum Gasteiger partial charge on any atom is -0.465 e. The quantitative estimate of drug-likeness (QED) is 0.691. The van der Waals surface area contributed by atoms with Crippen LogP contribution < -0.4 is 0 Å². The van der Waals surface area contributed by atoms with Crippen LogP contribution in [0.5, 0.6) is 0 Å². The molecule has 0 aliphatic heterocycles. The molecular formula is C13H25NO2. The van der Waals surface area contributed by atoms with Crippen LogP contribution in [0, 0.1) is 5.92 Å². The molecule has 1 aliphatic carbocycles. The average Bonchev–Trinajstić information content (AvgIpc) is 2.27. The fourth-order valence-corrected chi connectivity index (χ4v) is 2.52. The highest BCUT2D eigenvalue weighted by Crippen LogP contribution is 2.27. The van der Waals surface area contributed by atoms with Crippen LogP contribution in [-0.2, 0) is 9.53 Å². The summed E-state index contributed by atoms with van der Waals surface area (Å²) in [5.74, 6) is 0.693. The maximum Gasteiger partial charge on any atom is 0.323 e. The second-order valence-corrected chi connectivity index (χ2v) is 5.02. The summed E-state index contributed by atoms with van der Waals surface area (Å²) >= 11 is 0. The Labute approximate surface area is 99.1 Å². The fourth-order valence-electron chi connectivity index (χ4n) is 2.52. The highest BCUT2D eigenvalue weighted by atomic mass is 16.5. The van der Waals surface area contributed by atoms with Crippen molar-refractivity contribution in [3.8, 4) is 0 Å². The number of rotatable bonds is 4. The number of hydrogen-bond donors (Lipinski definition) is 0. The van der Waals surface area contributed by atoms with Gasteiger partial charge in [0, 0.05) is 6.04 Å². The SMILES string of the molecule is CCOC(=O)C(C)N(C)C1CCCC(C)C1. The van der Waals surface area contributed by atoms with E-state index >= 15 is 0 Å². The Kier molecular flexibility index (Phi) is 5.26. The Bertz CT molecular complexity index is 230. The molecule has 0 bridgehead atoms. The molecule has 0 aromatic rings. The number of esters is 1. The molecule has 0 N–H and O–H groups in total. The van der Waals surface area contributed by atoms with Crippen molar-refractivity contribution in [1.82, 2.24) is 4.90 Å². The molecule has 0 heterocycles. The smallest absolute Gasteiger partial charge is 0.323 e. The van der Waals surface area contributed by atoms with E-state index in [9.17, 15) is 4.79 Å². The Hall–Kier alpha value is -0.570. The fraction of sp³-hybridized carbons (Fsp3) is 0.923. The zero-order valence-electron chi connectivity index (χ0n) is 11.0. The number of carbonyl (C=O) groups excluding carboxylic acids is 1. The van der Waals surface area contributed by atoms with Crippen LogP contribution in [0.15, 0.2) is 0 Å². The highest BCUT2D eigenvalue weighted by molar-refractivity contribution is 5.75. The summed E-state index contributed by atoms with van der Waals surface area (Å²) in [4.78, 5) is 13.8.